The maximum absolute atomic E-state index is 5.39. The van der Waals surface area contributed by atoms with Gasteiger partial charge in [-0.05, 0) is 52.6 Å². The van der Waals surface area contributed by atoms with E-state index in [1.165, 1.54) is 79.8 Å². The van der Waals surface area contributed by atoms with Crippen molar-refractivity contribution in [2.75, 3.05) is 0 Å². The quantitative estimate of drug-likeness (QED) is 0.179. The summed E-state index contributed by atoms with van der Waals surface area (Å²) in [7, 11) is 0. The van der Waals surface area contributed by atoms with Gasteiger partial charge in [0.2, 0.25) is 5.95 Å². The molecule has 5 aromatic heterocycles. The highest BCUT2D eigenvalue weighted by Gasteiger charge is 2.24. The van der Waals surface area contributed by atoms with E-state index in [9.17, 15) is 0 Å². The lowest BCUT2D eigenvalue weighted by Crippen LogP contribution is -2.03. The van der Waals surface area contributed by atoms with E-state index in [-0.39, 0.29) is 0 Å². The molecule has 0 amide bonds. The summed E-state index contributed by atoms with van der Waals surface area (Å²) in [6.45, 7) is 0. The Morgan fingerprint density at radius 2 is 0.964 bits per heavy atom. The minimum Gasteiger partial charge on any atom is -0.307 e. The molecule has 4 nitrogen and oxygen atoms in total. The van der Waals surface area contributed by atoms with Crippen LogP contribution in [0.3, 0.4) is 0 Å². The smallest absolute Gasteiger partial charge is 0.235 e. The van der Waals surface area contributed by atoms with E-state index < -0.39 is 0 Å². The number of hydrogen-bond donors (Lipinski definition) is 0. The summed E-state index contributed by atoms with van der Waals surface area (Å²) < 4.78 is 7.46. The van der Waals surface area contributed by atoms with Gasteiger partial charge >= 0.3 is 0 Å². The van der Waals surface area contributed by atoms with Crippen LogP contribution in [0, 0.1) is 0 Å². The van der Waals surface area contributed by atoms with Crippen LogP contribution in [-0.4, -0.2) is 18.9 Å². The minimum atomic E-state index is 0.661. The Hall–Kier alpha value is -7.08. The Balaban J connectivity index is 1.30. The Kier molecular flexibility index (Phi) is 5.74. The predicted octanol–water partition coefficient (Wildman–Crippen LogP) is 13.6. The molecule has 0 bridgehead atoms. The summed E-state index contributed by atoms with van der Waals surface area (Å²) in [6.07, 6.45) is 0. The number of aromatic nitrogens is 4. The first-order chi connectivity index (χ1) is 27.3. The lowest BCUT2D eigenvalue weighted by atomic mass is 10.0. The summed E-state index contributed by atoms with van der Waals surface area (Å²) in [5.74, 6) is 0.661. The van der Waals surface area contributed by atoms with Gasteiger partial charge in [0.15, 0.2) is 0 Å². The number of thiophene rings is 1. The lowest BCUT2D eigenvalue weighted by molar-refractivity contribution is 1.01. The SMILES string of the molecule is c1ccc(-c2nc(-n3c4ccccc4c4c3ccc3c5cccc6c7ccccc7c7cccc8sc9cccc(c9c87)n(c65)c34)nc3ccccc23)cc1. The summed E-state index contributed by atoms with van der Waals surface area (Å²) in [5.41, 5.74) is 8.69. The first-order valence-electron chi connectivity index (χ1n) is 18.7. The van der Waals surface area contributed by atoms with E-state index in [1.54, 1.807) is 0 Å². The molecule has 55 heavy (non-hydrogen) atoms. The molecule has 0 aliphatic carbocycles. The molecule has 0 atom stereocenters. The summed E-state index contributed by atoms with van der Waals surface area (Å²) in [5, 5.41) is 13.5. The van der Waals surface area contributed by atoms with Gasteiger partial charge in [0.1, 0.15) is 0 Å². The van der Waals surface area contributed by atoms with Crippen LogP contribution >= 0.6 is 11.3 Å². The van der Waals surface area contributed by atoms with Crippen LogP contribution in [0.25, 0.3) is 119 Å². The van der Waals surface area contributed by atoms with Crippen molar-refractivity contribution in [3.63, 3.8) is 0 Å². The zero-order valence-corrected chi connectivity index (χ0v) is 30.2. The normalized spacial score (nSPS) is 12.4. The summed E-state index contributed by atoms with van der Waals surface area (Å²) >= 11 is 1.88. The minimum absolute atomic E-state index is 0.661. The van der Waals surface area contributed by atoms with Gasteiger partial charge in [-0.25, -0.2) is 9.97 Å². The number of benzene rings is 8. The van der Waals surface area contributed by atoms with Crippen molar-refractivity contribution < 1.29 is 0 Å². The van der Waals surface area contributed by atoms with Crippen molar-refractivity contribution in [1.82, 2.24) is 18.9 Å². The molecule has 0 unspecified atom stereocenters. The molecule has 0 saturated carbocycles. The third kappa shape index (κ3) is 3.84. The van der Waals surface area contributed by atoms with Gasteiger partial charge < -0.3 is 4.40 Å². The Labute approximate surface area is 317 Å². The molecular weight excluding hydrogens is 689 g/mol. The molecule has 0 spiro atoms. The van der Waals surface area contributed by atoms with Gasteiger partial charge in [0.05, 0.1) is 38.8 Å². The standard InChI is InChI=1S/C50H28N4S/c1-2-13-29(14-3-1)47-36-17-6-8-22-38(36)51-50(52-47)53-39-23-9-7-18-37(39)44-41(53)28-27-35-34-21-10-20-33-31-16-5-4-15-30(31)32-19-11-25-42-45(32)46-40(24-12-26-43(46)55-42)54(48(33)34)49(35)44/h1-28H. The van der Waals surface area contributed by atoms with Gasteiger partial charge in [-0.2, -0.15) is 0 Å². The number of hydrogen-bond acceptors (Lipinski definition) is 3. The maximum Gasteiger partial charge on any atom is 0.235 e. The van der Waals surface area contributed by atoms with E-state index >= 15 is 0 Å². The monoisotopic (exact) mass is 716 g/mol. The number of para-hydroxylation sites is 3. The van der Waals surface area contributed by atoms with Crippen molar-refractivity contribution >= 4 is 113 Å². The number of rotatable bonds is 2. The fourth-order valence-corrected chi connectivity index (χ4v) is 10.6. The van der Waals surface area contributed by atoms with Crippen molar-refractivity contribution in [3.05, 3.63) is 170 Å². The van der Waals surface area contributed by atoms with Gasteiger partial charge in [0.25, 0.3) is 0 Å². The highest BCUT2D eigenvalue weighted by molar-refractivity contribution is 7.26. The topological polar surface area (TPSA) is 35.1 Å². The van der Waals surface area contributed by atoms with Crippen molar-refractivity contribution in [3.8, 4) is 17.2 Å². The van der Waals surface area contributed by atoms with Gasteiger partial charge in [-0.15, -0.1) is 11.3 Å². The Morgan fingerprint density at radius 1 is 0.364 bits per heavy atom. The molecule has 0 aliphatic rings. The highest BCUT2D eigenvalue weighted by atomic mass is 32.1. The number of nitrogens with zero attached hydrogens (tertiary/aromatic N) is 4. The second-order valence-corrected chi connectivity index (χ2v) is 15.6. The molecule has 8 aromatic carbocycles. The zero-order chi connectivity index (χ0) is 35.8. The van der Waals surface area contributed by atoms with Crippen molar-refractivity contribution in [1.29, 1.82) is 0 Å². The van der Waals surface area contributed by atoms with E-state index in [1.807, 2.05) is 11.3 Å². The fourth-order valence-electron chi connectivity index (χ4n) is 9.47. The lowest BCUT2D eigenvalue weighted by Gasteiger charge is -2.11. The first-order valence-corrected chi connectivity index (χ1v) is 19.5. The molecule has 13 rings (SSSR count). The fraction of sp³-hybridized carbons (Fsp3) is 0. The van der Waals surface area contributed by atoms with Crippen LogP contribution in [0.15, 0.2) is 170 Å². The highest BCUT2D eigenvalue weighted by Crippen LogP contribution is 2.46. The molecule has 0 fully saturated rings. The summed E-state index contributed by atoms with van der Waals surface area (Å²) in [6, 6.07) is 61.6. The average molecular weight is 717 g/mol. The second kappa shape index (κ2) is 10.8. The van der Waals surface area contributed by atoms with Crippen LogP contribution < -0.4 is 0 Å². The molecule has 13 aromatic rings. The van der Waals surface area contributed by atoms with E-state index in [2.05, 4.69) is 179 Å². The van der Waals surface area contributed by atoms with Gasteiger partial charge in [-0.1, -0.05) is 133 Å². The van der Waals surface area contributed by atoms with Gasteiger partial charge in [-0.3, -0.25) is 4.57 Å². The zero-order valence-electron chi connectivity index (χ0n) is 29.4. The second-order valence-electron chi connectivity index (χ2n) is 14.5. The first kappa shape index (κ1) is 29.4. The molecule has 5 heteroatoms. The molecular formula is C50H28N4S. The van der Waals surface area contributed by atoms with Crippen LogP contribution in [0.5, 0.6) is 0 Å². The molecule has 0 radical (unpaired) electrons. The Morgan fingerprint density at radius 3 is 1.82 bits per heavy atom. The predicted molar refractivity (Wildman–Crippen MR) is 233 cm³/mol. The van der Waals surface area contributed by atoms with Crippen LogP contribution in [0.4, 0.5) is 0 Å². The number of fused-ring (bicyclic) bond motifs is 12. The van der Waals surface area contributed by atoms with E-state index in [4.69, 9.17) is 9.97 Å². The molecule has 254 valence electrons. The third-order valence-electron chi connectivity index (χ3n) is 11.7. The summed E-state index contributed by atoms with van der Waals surface area (Å²) in [4.78, 5) is 10.7. The average Bonchev–Trinajstić information content (AvgIpc) is 3.92. The van der Waals surface area contributed by atoms with Crippen molar-refractivity contribution in [2.45, 2.75) is 0 Å². The largest absolute Gasteiger partial charge is 0.307 e. The van der Waals surface area contributed by atoms with E-state index in [0.29, 0.717) is 5.95 Å². The molecule has 5 heterocycles. The van der Waals surface area contributed by atoms with Crippen LogP contribution in [0.1, 0.15) is 0 Å². The van der Waals surface area contributed by atoms with Crippen LogP contribution in [0.2, 0.25) is 0 Å². The van der Waals surface area contributed by atoms with Crippen molar-refractivity contribution in [2.24, 2.45) is 0 Å². The molecule has 0 N–H and O–H groups in total. The van der Waals surface area contributed by atoms with Gasteiger partial charge in [0, 0.05) is 58.1 Å². The Bertz CT molecular complexity index is 3780. The van der Waals surface area contributed by atoms with Crippen LogP contribution in [-0.2, 0) is 0 Å². The molecule has 0 aliphatic heterocycles. The van der Waals surface area contributed by atoms with E-state index in [0.717, 1.165) is 33.2 Å². The molecule has 0 saturated heterocycles. The maximum atomic E-state index is 5.39. The third-order valence-corrected chi connectivity index (χ3v) is 12.8.